The van der Waals surface area contributed by atoms with Gasteiger partial charge in [-0.15, -0.1) is 0 Å². The first-order valence-electron chi connectivity index (χ1n) is 9.50. The molecule has 0 N–H and O–H groups in total. The molecule has 0 spiro atoms. The van der Waals surface area contributed by atoms with Crippen molar-refractivity contribution in [1.29, 1.82) is 0 Å². The molecule has 0 bridgehead atoms. The highest BCUT2D eigenvalue weighted by Crippen LogP contribution is 2.51. The van der Waals surface area contributed by atoms with Gasteiger partial charge in [-0.25, -0.2) is 0 Å². The summed E-state index contributed by atoms with van der Waals surface area (Å²) in [5.41, 5.74) is -1.78. The summed E-state index contributed by atoms with van der Waals surface area (Å²) in [6.07, 6.45) is 7.91. The van der Waals surface area contributed by atoms with E-state index >= 15 is 0 Å². The number of carbonyl (C=O) groups excluding carboxylic acids is 2. The van der Waals surface area contributed by atoms with Gasteiger partial charge in [-0.05, 0) is 31.8 Å². The molecule has 0 aliphatic carbocycles. The summed E-state index contributed by atoms with van der Waals surface area (Å²) in [4.78, 5) is 39.2. The lowest BCUT2D eigenvalue weighted by Gasteiger charge is -2.39. The topological polar surface area (TPSA) is 108 Å². The third-order valence-electron chi connectivity index (χ3n) is 5.94. The number of hydrogen-bond donors (Lipinski definition) is 0. The van der Waals surface area contributed by atoms with Crippen molar-refractivity contribution < 1.29 is 28.7 Å². The highest BCUT2D eigenvalue weighted by atomic mass is 16.7. The van der Waals surface area contributed by atoms with E-state index < -0.39 is 40.5 Å². The van der Waals surface area contributed by atoms with E-state index in [1.165, 1.54) is 13.2 Å². The summed E-state index contributed by atoms with van der Waals surface area (Å²) in [5, 5.41) is 11.5. The maximum absolute atomic E-state index is 13.6. The number of methoxy groups -OCH3 is 1. The third-order valence-corrected chi connectivity index (χ3v) is 5.94. The molecule has 0 aromatic heterocycles. The van der Waals surface area contributed by atoms with E-state index in [-0.39, 0.29) is 25.7 Å². The van der Waals surface area contributed by atoms with Gasteiger partial charge < -0.3 is 19.1 Å². The number of hydrogen-bond acceptors (Lipinski definition) is 7. The van der Waals surface area contributed by atoms with Gasteiger partial charge in [0.05, 0.1) is 26.4 Å². The van der Waals surface area contributed by atoms with Crippen LogP contribution in [0.15, 0.2) is 24.8 Å². The molecule has 2 saturated heterocycles. The fraction of sp³-hybridized carbons (Fsp3) is 0.684. The fourth-order valence-corrected chi connectivity index (χ4v) is 4.64. The lowest BCUT2D eigenvalue weighted by Crippen LogP contribution is -2.57. The van der Waals surface area contributed by atoms with Gasteiger partial charge in [0.25, 0.3) is 0 Å². The molecule has 2 fully saturated rings. The molecule has 154 valence electrons. The summed E-state index contributed by atoms with van der Waals surface area (Å²) in [7, 11) is 1.18. The predicted octanol–water partition coefficient (Wildman–Crippen LogP) is 1.31. The molecule has 9 heteroatoms. The average Bonchev–Trinajstić information content (AvgIpc) is 3.24. The maximum Gasteiger partial charge on any atom is 0.322 e. The number of rotatable bonds is 6. The first-order valence-corrected chi connectivity index (χ1v) is 9.50. The maximum atomic E-state index is 13.6. The Kier molecular flexibility index (Phi) is 5.85. The Bertz CT molecular complexity index is 686. The van der Waals surface area contributed by atoms with E-state index in [4.69, 9.17) is 14.2 Å². The summed E-state index contributed by atoms with van der Waals surface area (Å²) in [6.45, 7) is 3.90. The van der Waals surface area contributed by atoms with Crippen LogP contribution < -0.4 is 0 Å². The van der Waals surface area contributed by atoms with Crippen LogP contribution in [0.2, 0.25) is 0 Å². The Labute approximate surface area is 163 Å². The number of allylic oxidation sites excluding steroid dienone is 1. The number of amides is 1. The van der Waals surface area contributed by atoms with E-state index in [1.54, 1.807) is 4.90 Å². The summed E-state index contributed by atoms with van der Waals surface area (Å²) in [5.74, 6) is -4.06. The molecule has 0 unspecified atom stereocenters. The minimum Gasteiger partial charge on any atom is -0.468 e. The highest BCUT2D eigenvalue weighted by molar-refractivity contribution is 6.05. The number of nitro groups is 1. The second kappa shape index (κ2) is 8.00. The monoisotopic (exact) mass is 394 g/mol. The lowest BCUT2D eigenvalue weighted by atomic mass is 9.68. The zero-order valence-corrected chi connectivity index (χ0v) is 16.0. The standard InChI is InChI=1S/C19H26N2O7/c1-3-19(27-10-11-28-19)15(13-21(24)25)18(17(23)26-2)12-14-8-6-4-5-7-9-20(14)16(18)22/h3,6,8,14-15H,1,4-5,7,9-13H2,2H3/b8-6-/t14-,15+,18-/m0/s1. The quantitative estimate of drug-likeness (QED) is 0.220. The van der Waals surface area contributed by atoms with E-state index in [1.807, 2.05) is 12.2 Å². The Morgan fingerprint density at radius 1 is 1.50 bits per heavy atom. The SMILES string of the molecule is C=CC1([C@H](C[N+](=O)[O-])[C@@]2(C(=O)OC)C[C@@H]3/C=C\CCCCN3C2=O)OCCO1. The molecule has 3 aliphatic rings. The number of nitrogens with zero attached hydrogens (tertiary/aromatic N) is 2. The van der Waals surface area contributed by atoms with Gasteiger partial charge in [-0.3, -0.25) is 19.7 Å². The second-order valence-corrected chi connectivity index (χ2v) is 7.35. The summed E-state index contributed by atoms with van der Waals surface area (Å²) in [6, 6.07) is -0.329. The van der Waals surface area contributed by atoms with Crippen molar-refractivity contribution in [3.8, 4) is 0 Å². The fourth-order valence-electron chi connectivity index (χ4n) is 4.64. The van der Waals surface area contributed by atoms with Crippen LogP contribution in [0, 0.1) is 21.4 Å². The molecule has 0 aromatic carbocycles. The largest absolute Gasteiger partial charge is 0.468 e. The molecule has 3 atom stereocenters. The van der Waals surface area contributed by atoms with Gasteiger partial charge in [0.2, 0.25) is 12.5 Å². The number of fused-ring (bicyclic) bond motifs is 1. The molecular weight excluding hydrogens is 368 g/mol. The predicted molar refractivity (Wildman–Crippen MR) is 97.7 cm³/mol. The molecule has 3 aliphatic heterocycles. The number of esters is 1. The molecule has 3 rings (SSSR count). The van der Waals surface area contributed by atoms with Crippen molar-refractivity contribution >= 4 is 11.9 Å². The minimum atomic E-state index is -1.78. The van der Waals surface area contributed by atoms with Crippen LogP contribution in [0.25, 0.3) is 0 Å². The first kappa shape index (κ1) is 20.5. The molecule has 28 heavy (non-hydrogen) atoms. The van der Waals surface area contributed by atoms with Crippen LogP contribution in [-0.2, 0) is 23.8 Å². The van der Waals surface area contributed by atoms with E-state index in [2.05, 4.69) is 6.58 Å². The van der Waals surface area contributed by atoms with E-state index in [9.17, 15) is 19.7 Å². The van der Waals surface area contributed by atoms with Crippen LogP contribution in [0.5, 0.6) is 0 Å². The van der Waals surface area contributed by atoms with Gasteiger partial charge in [0.15, 0.2) is 11.2 Å². The molecule has 0 aromatic rings. The Morgan fingerprint density at radius 3 is 2.82 bits per heavy atom. The Balaban J connectivity index is 2.13. The normalized spacial score (nSPS) is 31.4. The first-order chi connectivity index (χ1) is 13.4. The van der Waals surface area contributed by atoms with Crippen LogP contribution in [-0.4, -0.2) is 66.9 Å². The summed E-state index contributed by atoms with van der Waals surface area (Å²) < 4.78 is 16.4. The Hall–Kier alpha value is -2.26. The van der Waals surface area contributed by atoms with Crippen molar-refractivity contribution in [2.75, 3.05) is 33.4 Å². The van der Waals surface area contributed by atoms with Crippen molar-refractivity contribution in [3.05, 3.63) is 34.9 Å². The molecule has 9 nitrogen and oxygen atoms in total. The van der Waals surface area contributed by atoms with Gasteiger partial charge in [-0.2, -0.15) is 0 Å². The molecule has 3 heterocycles. The zero-order chi connectivity index (χ0) is 20.4. The average molecular weight is 394 g/mol. The molecule has 0 radical (unpaired) electrons. The van der Waals surface area contributed by atoms with Gasteiger partial charge in [-0.1, -0.05) is 18.7 Å². The van der Waals surface area contributed by atoms with E-state index in [0.717, 1.165) is 19.3 Å². The van der Waals surface area contributed by atoms with E-state index in [0.29, 0.717) is 6.54 Å². The lowest BCUT2D eigenvalue weighted by molar-refractivity contribution is -0.499. The van der Waals surface area contributed by atoms with Crippen LogP contribution in [0.4, 0.5) is 0 Å². The smallest absolute Gasteiger partial charge is 0.322 e. The molecule has 0 saturated carbocycles. The number of ether oxygens (including phenoxy) is 3. The van der Waals surface area contributed by atoms with Crippen LogP contribution >= 0.6 is 0 Å². The second-order valence-electron chi connectivity index (χ2n) is 7.35. The molecule has 1 amide bonds. The van der Waals surface area contributed by atoms with Crippen molar-refractivity contribution in [1.82, 2.24) is 4.90 Å². The van der Waals surface area contributed by atoms with Gasteiger partial charge in [0.1, 0.15) is 5.92 Å². The Morgan fingerprint density at radius 2 is 2.21 bits per heavy atom. The van der Waals surface area contributed by atoms with Crippen molar-refractivity contribution in [2.45, 2.75) is 37.5 Å². The van der Waals surface area contributed by atoms with Crippen LogP contribution in [0.1, 0.15) is 25.7 Å². The van der Waals surface area contributed by atoms with Crippen LogP contribution in [0.3, 0.4) is 0 Å². The van der Waals surface area contributed by atoms with Crippen molar-refractivity contribution in [2.24, 2.45) is 11.3 Å². The zero-order valence-electron chi connectivity index (χ0n) is 16.0. The third kappa shape index (κ3) is 3.22. The highest BCUT2D eigenvalue weighted by Gasteiger charge is 2.68. The van der Waals surface area contributed by atoms with Gasteiger partial charge in [0, 0.05) is 11.5 Å². The van der Waals surface area contributed by atoms with Gasteiger partial charge >= 0.3 is 5.97 Å². The van der Waals surface area contributed by atoms with Crippen molar-refractivity contribution in [3.63, 3.8) is 0 Å². The number of carbonyl (C=O) groups is 2. The molecular formula is C19H26N2O7. The summed E-state index contributed by atoms with van der Waals surface area (Å²) >= 11 is 0. The minimum absolute atomic E-state index is 0.0792.